The summed E-state index contributed by atoms with van der Waals surface area (Å²) in [6, 6.07) is 10.2. The highest BCUT2D eigenvalue weighted by molar-refractivity contribution is 7.92. The van der Waals surface area contributed by atoms with E-state index in [1.54, 1.807) is 0 Å². The van der Waals surface area contributed by atoms with Gasteiger partial charge in [0.1, 0.15) is 23.4 Å². The van der Waals surface area contributed by atoms with E-state index in [-0.39, 0.29) is 47.9 Å². The lowest BCUT2D eigenvalue weighted by Crippen LogP contribution is -2.50. The first kappa shape index (κ1) is 28.6. The Bertz CT molecular complexity index is 1590. The summed E-state index contributed by atoms with van der Waals surface area (Å²) < 4.78 is 119. The van der Waals surface area contributed by atoms with Gasteiger partial charge in [-0.25, -0.2) is 12.8 Å². The van der Waals surface area contributed by atoms with Gasteiger partial charge in [0, 0.05) is 6.07 Å². The molecule has 1 atom stereocenters. The van der Waals surface area contributed by atoms with E-state index < -0.39 is 62.8 Å². The first-order valence-corrected chi connectivity index (χ1v) is 13.7. The SMILES string of the molecule is O=C(O)[C@H]1C[C@@H]([C@H]2CN(S(=O)(=O)c3cccc(C(F)(F)F)c3)c3cc(-c4cc(F)cc(OC(F)F)c4)ccc3O2)C1. The summed E-state index contributed by atoms with van der Waals surface area (Å²) in [5.74, 6) is -3.30. The first-order valence-electron chi connectivity index (χ1n) is 12.2. The lowest BCUT2D eigenvalue weighted by atomic mass is 9.72. The quantitative estimate of drug-likeness (QED) is 0.325. The zero-order valence-corrected chi connectivity index (χ0v) is 21.6. The summed E-state index contributed by atoms with van der Waals surface area (Å²) in [6.07, 6.45) is -5.16. The molecule has 1 aliphatic carbocycles. The van der Waals surface area contributed by atoms with Gasteiger partial charge in [-0.1, -0.05) is 12.1 Å². The molecule has 0 radical (unpaired) electrons. The average Bonchev–Trinajstić information content (AvgIpc) is 2.85. The molecule has 0 aromatic heterocycles. The summed E-state index contributed by atoms with van der Waals surface area (Å²) >= 11 is 0. The number of rotatable bonds is 7. The Morgan fingerprint density at radius 2 is 1.76 bits per heavy atom. The number of ether oxygens (including phenoxy) is 2. The Balaban J connectivity index is 1.58. The molecule has 0 bridgehead atoms. The zero-order valence-electron chi connectivity index (χ0n) is 20.8. The largest absolute Gasteiger partial charge is 0.486 e. The fraction of sp³-hybridized carbons (Fsp3) is 0.296. The van der Waals surface area contributed by atoms with E-state index in [0.29, 0.717) is 6.07 Å². The number of hydrogen-bond acceptors (Lipinski definition) is 5. The maximum atomic E-state index is 14.2. The molecule has 14 heteroatoms. The minimum Gasteiger partial charge on any atom is -0.486 e. The van der Waals surface area contributed by atoms with Crippen molar-refractivity contribution in [3.63, 3.8) is 0 Å². The Morgan fingerprint density at radius 1 is 1.02 bits per heavy atom. The molecule has 1 heterocycles. The number of hydrogen-bond donors (Lipinski definition) is 1. The van der Waals surface area contributed by atoms with Crippen molar-refractivity contribution in [2.75, 3.05) is 10.8 Å². The number of anilines is 1. The maximum absolute atomic E-state index is 14.2. The number of aliphatic carboxylic acids is 1. The number of fused-ring (bicyclic) bond motifs is 1. The molecule has 3 aromatic carbocycles. The fourth-order valence-electron chi connectivity index (χ4n) is 4.95. The minimum absolute atomic E-state index is 0.0415. The summed E-state index contributed by atoms with van der Waals surface area (Å²) in [6.45, 7) is -3.56. The van der Waals surface area contributed by atoms with Crippen LogP contribution >= 0.6 is 0 Å². The second-order valence-electron chi connectivity index (χ2n) is 9.72. The minimum atomic E-state index is -4.81. The third-order valence-electron chi connectivity index (χ3n) is 7.08. The number of alkyl halides is 5. The lowest BCUT2D eigenvalue weighted by Gasteiger charge is -2.43. The van der Waals surface area contributed by atoms with Crippen LogP contribution in [0, 0.1) is 17.7 Å². The molecule has 0 spiro atoms. The van der Waals surface area contributed by atoms with Crippen LogP contribution in [0.5, 0.6) is 11.5 Å². The van der Waals surface area contributed by atoms with Crippen molar-refractivity contribution in [1.82, 2.24) is 0 Å². The maximum Gasteiger partial charge on any atom is 0.416 e. The van der Waals surface area contributed by atoms with E-state index in [4.69, 9.17) is 4.74 Å². The predicted molar refractivity (Wildman–Crippen MR) is 133 cm³/mol. The molecule has 5 rings (SSSR count). The van der Waals surface area contributed by atoms with Crippen LogP contribution in [0.15, 0.2) is 65.6 Å². The van der Waals surface area contributed by atoms with Crippen molar-refractivity contribution < 1.29 is 54.1 Å². The smallest absolute Gasteiger partial charge is 0.416 e. The van der Waals surface area contributed by atoms with Crippen molar-refractivity contribution in [1.29, 1.82) is 0 Å². The van der Waals surface area contributed by atoms with Gasteiger partial charge in [-0.3, -0.25) is 9.10 Å². The van der Waals surface area contributed by atoms with E-state index in [0.717, 1.165) is 40.7 Å². The molecule has 1 fully saturated rings. The lowest BCUT2D eigenvalue weighted by molar-refractivity contribution is -0.147. The number of carboxylic acid groups (broad SMARTS) is 1. The van der Waals surface area contributed by atoms with E-state index in [1.165, 1.54) is 18.2 Å². The highest BCUT2D eigenvalue weighted by Gasteiger charge is 2.45. The highest BCUT2D eigenvalue weighted by Crippen LogP contribution is 2.46. The van der Waals surface area contributed by atoms with Crippen molar-refractivity contribution in [3.8, 4) is 22.6 Å². The molecular weight excluding hydrogens is 580 g/mol. The van der Waals surface area contributed by atoms with Crippen molar-refractivity contribution in [2.24, 2.45) is 11.8 Å². The highest BCUT2D eigenvalue weighted by atomic mass is 32.2. The van der Waals surface area contributed by atoms with Gasteiger partial charge in [0.25, 0.3) is 10.0 Å². The normalized spacial score (nSPS) is 20.7. The number of carboxylic acids is 1. The number of nitrogens with zero attached hydrogens (tertiary/aromatic N) is 1. The number of halogens is 6. The van der Waals surface area contributed by atoms with Crippen LogP contribution in [0.1, 0.15) is 18.4 Å². The van der Waals surface area contributed by atoms with Gasteiger partial charge in [-0.05, 0) is 72.4 Å². The Labute approximate surface area is 230 Å². The molecular formula is C27H21F6NO6S. The summed E-state index contributed by atoms with van der Waals surface area (Å²) in [5.41, 5.74) is -1.01. The van der Waals surface area contributed by atoms with Gasteiger partial charge in [-0.15, -0.1) is 0 Å². The molecule has 7 nitrogen and oxygen atoms in total. The zero-order chi connectivity index (χ0) is 29.7. The summed E-state index contributed by atoms with van der Waals surface area (Å²) in [5, 5.41) is 9.24. The summed E-state index contributed by atoms with van der Waals surface area (Å²) in [7, 11) is -4.63. The molecule has 218 valence electrons. The van der Waals surface area contributed by atoms with Crippen LogP contribution in [0.25, 0.3) is 11.1 Å². The van der Waals surface area contributed by atoms with Crippen LogP contribution in [0.4, 0.5) is 32.0 Å². The molecule has 0 saturated heterocycles. The van der Waals surface area contributed by atoms with Crippen LogP contribution < -0.4 is 13.8 Å². The van der Waals surface area contributed by atoms with Gasteiger partial charge < -0.3 is 14.6 Å². The van der Waals surface area contributed by atoms with E-state index in [9.17, 15) is 44.7 Å². The number of carbonyl (C=O) groups is 1. The van der Waals surface area contributed by atoms with Crippen LogP contribution in [-0.4, -0.2) is 38.8 Å². The summed E-state index contributed by atoms with van der Waals surface area (Å²) in [4.78, 5) is 10.7. The van der Waals surface area contributed by atoms with Crippen molar-refractivity contribution in [2.45, 2.75) is 36.6 Å². The van der Waals surface area contributed by atoms with E-state index >= 15 is 0 Å². The van der Waals surface area contributed by atoms with Gasteiger partial charge in [-0.2, -0.15) is 22.0 Å². The van der Waals surface area contributed by atoms with Crippen LogP contribution in [-0.2, 0) is 21.0 Å². The standard InChI is InChI=1S/C27H21F6NO6S/c28-19-8-15(9-20(12-19)39-26(29)30)14-4-5-23-22(10-14)34(13-24(40-23)16-6-17(7-16)25(35)36)41(37,38)21-3-1-2-18(11-21)27(31,32)33/h1-5,8-12,16-17,24,26H,6-7,13H2,(H,35,36)/t16-,17+,24-/m1/s1. The fourth-order valence-corrected chi connectivity index (χ4v) is 6.48. The second kappa shape index (κ2) is 10.5. The molecule has 3 aromatic rings. The number of sulfonamides is 1. The van der Waals surface area contributed by atoms with E-state index in [2.05, 4.69) is 4.74 Å². The Morgan fingerprint density at radius 3 is 2.41 bits per heavy atom. The van der Waals surface area contributed by atoms with Crippen LogP contribution in [0.2, 0.25) is 0 Å². The third kappa shape index (κ3) is 5.78. The van der Waals surface area contributed by atoms with Crippen molar-refractivity contribution in [3.05, 3.63) is 72.0 Å². The average molecular weight is 602 g/mol. The van der Waals surface area contributed by atoms with Gasteiger partial charge >= 0.3 is 18.8 Å². The van der Waals surface area contributed by atoms with Gasteiger partial charge in [0.15, 0.2) is 0 Å². The molecule has 0 unspecified atom stereocenters. The first-order chi connectivity index (χ1) is 19.2. The monoisotopic (exact) mass is 601 g/mol. The van der Waals surface area contributed by atoms with Gasteiger partial charge in [0.05, 0.1) is 28.6 Å². The van der Waals surface area contributed by atoms with Crippen molar-refractivity contribution >= 4 is 21.7 Å². The molecule has 1 N–H and O–H groups in total. The molecule has 0 amide bonds. The van der Waals surface area contributed by atoms with Crippen LogP contribution in [0.3, 0.4) is 0 Å². The molecule has 1 aliphatic heterocycles. The Hall–Kier alpha value is -3.94. The third-order valence-corrected chi connectivity index (χ3v) is 8.86. The predicted octanol–water partition coefficient (Wildman–Crippen LogP) is 6.18. The number of benzene rings is 3. The molecule has 1 saturated carbocycles. The van der Waals surface area contributed by atoms with Gasteiger partial charge in [0.2, 0.25) is 0 Å². The molecule has 2 aliphatic rings. The Kier molecular flexibility index (Phi) is 7.30. The van der Waals surface area contributed by atoms with E-state index in [1.807, 2.05) is 0 Å². The molecule has 41 heavy (non-hydrogen) atoms. The second-order valence-corrected chi connectivity index (χ2v) is 11.6. The topological polar surface area (TPSA) is 93.1 Å².